The fraction of sp³-hybridized carbons (Fsp3) is 0.500. The summed E-state index contributed by atoms with van der Waals surface area (Å²) in [6.45, 7) is 2.02. The van der Waals surface area contributed by atoms with Gasteiger partial charge < -0.3 is 35.0 Å². The van der Waals surface area contributed by atoms with Crippen molar-refractivity contribution in [1.82, 2.24) is 0 Å². The zero-order valence-corrected chi connectivity index (χ0v) is 16.0. The number of hydrogen-bond donors (Lipinski definition) is 5. The van der Waals surface area contributed by atoms with Crippen LogP contribution in [0.5, 0.6) is 11.5 Å². The van der Waals surface area contributed by atoms with Gasteiger partial charge in [-0.3, -0.25) is 0 Å². The lowest BCUT2D eigenvalue weighted by molar-refractivity contribution is -0.200. The van der Waals surface area contributed by atoms with Crippen LogP contribution in [0.25, 0.3) is 6.08 Å². The highest BCUT2D eigenvalue weighted by Gasteiger charge is 2.51. The summed E-state index contributed by atoms with van der Waals surface area (Å²) in [7, 11) is 0. The molecular formula is C20H26O9. The molecule has 5 N–H and O–H groups in total. The van der Waals surface area contributed by atoms with E-state index in [1.165, 1.54) is 24.3 Å². The van der Waals surface area contributed by atoms with Crippen LogP contribution in [-0.4, -0.2) is 68.0 Å². The molecule has 0 saturated heterocycles. The molecule has 29 heavy (non-hydrogen) atoms. The number of benzene rings is 1. The molecule has 0 aliphatic heterocycles. The Hall–Kier alpha value is -2.62. The number of phenols is 2. The number of phenolic OH excluding ortho intramolecular Hbond substituents is 2. The fourth-order valence-corrected chi connectivity index (χ4v) is 2.97. The third-order valence-corrected chi connectivity index (χ3v) is 4.65. The van der Waals surface area contributed by atoms with Crippen LogP contribution in [0.3, 0.4) is 0 Å². The Labute approximate surface area is 167 Å². The lowest BCUT2D eigenvalue weighted by Gasteiger charge is -2.39. The van der Waals surface area contributed by atoms with Gasteiger partial charge in [0, 0.05) is 18.9 Å². The monoisotopic (exact) mass is 410 g/mol. The summed E-state index contributed by atoms with van der Waals surface area (Å²) in [6.07, 6.45) is -1.42. The molecule has 1 fully saturated rings. The van der Waals surface area contributed by atoms with Gasteiger partial charge in [0.2, 0.25) is 0 Å². The van der Waals surface area contributed by atoms with E-state index in [2.05, 4.69) is 0 Å². The van der Waals surface area contributed by atoms with Crippen LogP contribution < -0.4 is 0 Å². The predicted octanol–water partition coefficient (Wildman–Crippen LogP) is 0.613. The molecule has 1 aliphatic rings. The summed E-state index contributed by atoms with van der Waals surface area (Å²) in [5.74, 6) is -2.50. The number of carbonyl (C=O) groups excluding carboxylic acids is 2. The van der Waals surface area contributed by atoms with E-state index in [-0.39, 0.29) is 18.1 Å². The number of rotatable bonds is 7. The number of esters is 2. The van der Waals surface area contributed by atoms with E-state index < -0.39 is 48.7 Å². The number of aliphatic hydroxyl groups excluding tert-OH is 2. The van der Waals surface area contributed by atoms with E-state index in [0.29, 0.717) is 12.0 Å². The average Bonchev–Trinajstić information content (AvgIpc) is 2.67. The Morgan fingerprint density at radius 3 is 2.59 bits per heavy atom. The van der Waals surface area contributed by atoms with Gasteiger partial charge in [0.05, 0.1) is 12.7 Å². The molecule has 0 bridgehead atoms. The van der Waals surface area contributed by atoms with E-state index in [4.69, 9.17) is 9.47 Å². The van der Waals surface area contributed by atoms with Crippen molar-refractivity contribution in [2.24, 2.45) is 0 Å². The Kier molecular flexibility index (Phi) is 7.60. The topological polar surface area (TPSA) is 154 Å². The quantitative estimate of drug-likeness (QED) is 0.188. The third kappa shape index (κ3) is 5.93. The third-order valence-electron chi connectivity index (χ3n) is 4.65. The Bertz CT molecular complexity index is 760. The molecule has 1 saturated carbocycles. The zero-order valence-electron chi connectivity index (χ0n) is 16.0. The number of aromatic hydroxyl groups is 2. The van der Waals surface area contributed by atoms with Crippen molar-refractivity contribution >= 4 is 18.0 Å². The molecule has 2 rings (SSSR count). The summed E-state index contributed by atoms with van der Waals surface area (Å²) in [5, 5.41) is 49.4. The molecule has 1 aromatic carbocycles. The number of aliphatic hydroxyl groups is 3. The van der Waals surface area contributed by atoms with Gasteiger partial charge in [0.1, 0.15) is 12.2 Å². The van der Waals surface area contributed by atoms with Gasteiger partial charge in [-0.05, 0) is 30.2 Å². The van der Waals surface area contributed by atoms with Crippen molar-refractivity contribution < 1.29 is 44.6 Å². The standard InChI is InChI=1S/C20H26O9/c1-2-3-8-28-19(26)20(27)10-15(23)18(25)16(11-20)29-17(24)7-5-12-4-6-13(21)14(22)9-12/h4-7,9,15-16,18,21-23,25,27H,2-3,8,10-11H2,1H3/b7-5-. The van der Waals surface area contributed by atoms with Crippen LogP contribution in [0.2, 0.25) is 0 Å². The summed E-state index contributed by atoms with van der Waals surface area (Å²) in [6, 6.07) is 3.92. The SMILES string of the molecule is CCCCOC(=O)C1(O)CC(O)C(O)C(OC(=O)/C=C\c2ccc(O)c(O)c2)C1. The van der Waals surface area contributed by atoms with Crippen molar-refractivity contribution in [1.29, 1.82) is 0 Å². The maximum absolute atomic E-state index is 12.2. The smallest absolute Gasteiger partial charge is 0.338 e. The lowest BCUT2D eigenvalue weighted by Crippen LogP contribution is -2.57. The molecule has 160 valence electrons. The molecule has 9 nitrogen and oxygen atoms in total. The van der Waals surface area contributed by atoms with Crippen LogP contribution in [0.15, 0.2) is 24.3 Å². The van der Waals surface area contributed by atoms with Gasteiger partial charge in [0.15, 0.2) is 17.1 Å². The number of carbonyl (C=O) groups is 2. The van der Waals surface area contributed by atoms with Crippen molar-refractivity contribution in [3.8, 4) is 11.5 Å². The van der Waals surface area contributed by atoms with Crippen LogP contribution in [0.4, 0.5) is 0 Å². The van der Waals surface area contributed by atoms with E-state index in [0.717, 1.165) is 12.5 Å². The lowest BCUT2D eigenvalue weighted by atomic mass is 9.79. The van der Waals surface area contributed by atoms with Crippen LogP contribution in [0.1, 0.15) is 38.2 Å². The van der Waals surface area contributed by atoms with E-state index in [1.54, 1.807) is 0 Å². The molecule has 0 radical (unpaired) electrons. The normalized spacial score (nSPS) is 27.0. The minimum atomic E-state index is -2.08. The number of unbranched alkanes of at least 4 members (excludes halogenated alkanes) is 1. The Balaban J connectivity index is 2.03. The highest BCUT2D eigenvalue weighted by molar-refractivity contribution is 5.87. The largest absolute Gasteiger partial charge is 0.504 e. The minimum Gasteiger partial charge on any atom is -0.504 e. The molecule has 0 heterocycles. The van der Waals surface area contributed by atoms with E-state index in [9.17, 15) is 35.1 Å². The Morgan fingerprint density at radius 1 is 1.21 bits per heavy atom. The van der Waals surface area contributed by atoms with Crippen molar-refractivity contribution in [3.63, 3.8) is 0 Å². The summed E-state index contributed by atoms with van der Waals surface area (Å²) < 4.78 is 10.1. The van der Waals surface area contributed by atoms with Crippen LogP contribution >= 0.6 is 0 Å². The maximum Gasteiger partial charge on any atom is 0.338 e. The predicted molar refractivity (Wildman–Crippen MR) is 101 cm³/mol. The van der Waals surface area contributed by atoms with Crippen LogP contribution in [-0.2, 0) is 19.1 Å². The van der Waals surface area contributed by atoms with Crippen molar-refractivity contribution in [3.05, 3.63) is 29.8 Å². The fourth-order valence-electron chi connectivity index (χ4n) is 2.97. The van der Waals surface area contributed by atoms with Gasteiger partial charge in [-0.2, -0.15) is 0 Å². The van der Waals surface area contributed by atoms with E-state index >= 15 is 0 Å². The number of ether oxygens (including phenoxy) is 2. The highest BCUT2D eigenvalue weighted by atomic mass is 16.6. The molecule has 0 aromatic heterocycles. The molecule has 1 aliphatic carbocycles. The Morgan fingerprint density at radius 2 is 1.93 bits per heavy atom. The molecular weight excluding hydrogens is 384 g/mol. The first-order valence-electron chi connectivity index (χ1n) is 9.32. The summed E-state index contributed by atoms with van der Waals surface area (Å²) in [4.78, 5) is 24.3. The number of hydrogen-bond acceptors (Lipinski definition) is 9. The average molecular weight is 410 g/mol. The molecule has 4 atom stereocenters. The first-order valence-corrected chi connectivity index (χ1v) is 9.32. The van der Waals surface area contributed by atoms with Gasteiger partial charge in [-0.15, -0.1) is 0 Å². The summed E-state index contributed by atoms with van der Waals surface area (Å²) in [5.41, 5.74) is -1.68. The maximum atomic E-state index is 12.2. The second-order valence-corrected chi connectivity index (χ2v) is 7.04. The first-order chi connectivity index (χ1) is 13.7. The highest BCUT2D eigenvalue weighted by Crippen LogP contribution is 2.32. The molecule has 1 aromatic rings. The summed E-state index contributed by atoms with van der Waals surface area (Å²) >= 11 is 0. The molecule has 4 unspecified atom stereocenters. The van der Waals surface area contributed by atoms with Crippen molar-refractivity contribution in [2.75, 3.05) is 6.61 Å². The molecule has 0 spiro atoms. The molecule has 0 amide bonds. The van der Waals surface area contributed by atoms with Crippen molar-refractivity contribution in [2.45, 2.75) is 56.5 Å². The van der Waals surface area contributed by atoms with E-state index in [1.807, 2.05) is 6.92 Å². The van der Waals surface area contributed by atoms with Gasteiger partial charge in [0.25, 0.3) is 0 Å². The molecule has 9 heteroatoms. The zero-order chi connectivity index (χ0) is 21.6. The second-order valence-electron chi connectivity index (χ2n) is 7.04. The van der Waals surface area contributed by atoms with Gasteiger partial charge in [-0.25, -0.2) is 9.59 Å². The second kappa shape index (κ2) is 9.73. The van der Waals surface area contributed by atoms with Crippen LogP contribution in [0, 0.1) is 0 Å². The minimum absolute atomic E-state index is 0.114. The van der Waals surface area contributed by atoms with Gasteiger partial charge in [-0.1, -0.05) is 19.4 Å². The van der Waals surface area contributed by atoms with Gasteiger partial charge >= 0.3 is 11.9 Å². The first kappa shape index (κ1) is 22.7.